The Balaban J connectivity index is 1.34. The van der Waals surface area contributed by atoms with Crippen LogP contribution in [-0.2, 0) is 32.1 Å². The lowest BCUT2D eigenvalue weighted by Gasteiger charge is -2.39. The average Bonchev–Trinajstić information content (AvgIpc) is 3.28. The lowest BCUT2D eigenvalue weighted by atomic mass is 10.0. The standard InChI is InChI=1S/C34H44N4O8/c1-43-28-11-7-23-8-12-31(39)35-20-24-9-10-25(19-29(24)44-2)46-27-13-16-38(21-26(27)36-32(40)22-45-30(28)18-23)34(42)14-17-37-15-5-3-4-6-33(37)41/h7,9-11,18-19,26-27H,3-6,8,12-17,20-22H2,1-2H3,(H,35,39)(H,36,40)/t26-,27+/m1/s1. The number of amides is 4. The summed E-state index contributed by atoms with van der Waals surface area (Å²) in [5, 5.41) is 5.99. The van der Waals surface area contributed by atoms with Gasteiger partial charge in [0, 0.05) is 70.0 Å². The van der Waals surface area contributed by atoms with Crippen molar-refractivity contribution in [3.63, 3.8) is 0 Å². The van der Waals surface area contributed by atoms with Crippen LogP contribution in [0.4, 0.5) is 0 Å². The summed E-state index contributed by atoms with van der Waals surface area (Å²) in [6, 6.07) is 10.3. The second-order valence-corrected chi connectivity index (χ2v) is 11.9. The highest BCUT2D eigenvalue weighted by Gasteiger charge is 2.34. The van der Waals surface area contributed by atoms with Crippen LogP contribution in [0.2, 0.25) is 0 Å². The third kappa shape index (κ3) is 8.61. The van der Waals surface area contributed by atoms with Crippen LogP contribution in [0.15, 0.2) is 36.4 Å². The number of piperidine rings is 1. The van der Waals surface area contributed by atoms with E-state index in [1.54, 1.807) is 35.1 Å². The van der Waals surface area contributed by atoms with Gasteiger partial charge in [0.1, 0.15) is 17.6 Å². The van der Waals surface area contributed by atoms with Gasteiger partial charge in [0.15, 0.2) is 18.1 Å². The molecular formula is C34H44N4O8. The van der Waals surface area contributed by atoms with Crippen molar-refractivity contribution in [2.75, 3.05) is 47.0 Å². The molecule has 2 atom stereocenters. The van der Waals surface area contributed by atoms with E-state index in [9.17, 15) is 19.2 Å². The molecule has 12 heteroatoms. The van der Waals surface area contributed by atoms with E-state index >= 15 is 0 Å². The molecular weight excluding hydrogens is 592 g/mol. The lowest BCUT2D eigenvalue weighted by Crippen LogP contribution is -2.58. The summed E-state index contributed by atoms with van der Waals surface area (Å²) in [7, 11) is 3.09. The van der Waals surface area contributed by atoms with Gasteiger partial charge in [-0.1, -0.05) is 12.5 Å². The summed E-state index contributed by atoms with van der Waals surface area (Å²) in [5.41, 5.74) is 1.66. The van der Waals surface area contributed by atoms with Crippen molar-refractivity contribution in [3.05, 3.63) is 47.5 Å². The summed E-state index contributed by atoms with van der Waals surface area (Å²) in [6.45, 7) is 1.79. The van der Waals surface area contributed by atoms with E-state index in [0.29, 0.717) is 68.4 Å². The van der Waals surface area contributed by atoms with Crippen molar-refractivity contribution in [1.29, 1.82) is 0 Å². The number of aryl methyl sites for hydroxylation is 1. The normalized spacial score (nSPS) is 21.2. The van der Waals surface area contributed by atoms with Gasteiger partial charge in [0.05, 0.1) is 20.3 Å². The smallest absolute Gasteiger partial charge is 0.258 e. The number of likely N-dealkylation sites (tertiary alicyclic amines) is 2. The van der Waals surface area contributed by atoms with Crippen molar-refractivity contribution in [1.82, 2.24) is 20.4 Å². The number of ether oxygens (including phenoxy) is 4. The van der Waals surface area contributed by atoms with Crippen molar-refractivity contribution in [2.45, 2.75) is 70.1 Å². The first-order chi connectivity index (χ1) is 22.3. The zero-order chi connectivity index (χ0) is 32.5. The number of hydrogen-bond acceptors (Lipinski definition) is 8. The Morgan fingerprint density at radius 3 is 2.61 bits per heavy atom. The van der Waals surface area contributed by atoms with Crippen LogP contribution in [-0.4, -0.2) is 92.6 Å². The molecule has 4 aliphatic heterocycles. The van der Waals surface area contributed by atoms with Gasteiger partial charge in [-0.15, -0.1) is 0 Å². The van der Waals surface area contributed by atoms with E-state index in [1.165, 1.54) is 7.11 Å². The fraction of sp³-hybridized carbons (Fsp3) is 0.529. The zero-order valence-electron chi connectivity index (χ0n) is 26.7. The molecule has 4 bridgehead atoms. The predicted molar refractivity (Wildman–Crippen MR) is 169 cm³/mol. The van der Waals surface area contributed by atoms with Crippen LogP contribution in [0.5, 0.6) is 23.0 Å². The van der Waals surface area contributed by atoms with Gasteiger partial charge in [-0.2, -0.15) is 0 Å². The average molecular weight is 637 g/mol. The van der Waals surface area contributed by atoms with Crippen LogP contribution in [0.3, 0.4) is 0 Å². The topological polar surface area (TPSA) is 136 Å². The highest BCUT2D eigenvalue weighted by atomic mass is 16.5. The maximum atomic E-state index is 13.3. The highest BCUT2D eigenvalue weighted by molar-refractivity contribution is 5.80. The molecule has 6 rings (SSSR count). The second kappa shape index (κ2) is 15.7. The molecule has 2 aromatic rings. The molecule has 248 valence electrons. The first kappa shape index (κ1) is 32.9. The third-order valence-electron chi connectivity index (χ3n) is 8.77. The summed E-state index contributed by atoms with van der Waals surface area (Å²) in [4.78, 5) is 55.2. The van der Waals surface area contributed by atoms with E-state index in [-0.39, 0.29) is 49.6 Å². The van der Waals surface area contributed by atoms with Gasteiger partial charge < -0.3 is 39.4 Å². The van der Waals surface area contributed by atoms with Gasteiger partial charge in [-0.3, -0.25) is 19.2 Å². The predicted octanol–water partition coefficient (Wildman–Crippen LogP) is 2.60. The van der Waals surface area contributed by atoms with Gasteiger partial charge in [0.25, 0.3) is 5.91 Å². The first-order valence-electron chi connectivity index (χ1n) is 16.1. The van der Waals surface area contributed by atoms with Crippen molar-refractivity contribution < 1.29 is 38.1 Å². The third-order valence-corrected chi connectivity index (χ3v) is 8.77. The molecule has 0 aliphatic carbocycles. The van der Waals surface area contributed by atoms with E-state index in [0.717, 1.165) is 30.4 Å². The number of carbonyl (C=O) groups is 4. The SMILES string of the molecule is COc1cc2ccc1CNC(=O)CCc1ccc(OC)c(c1)OCC(=O)N[C@@H]1CN(C(=O)CCN3CCCCCC3=O)CC[C@@H]1O2. The van der Waals surface area contributed by atoms with Crippen LogP contribution in [0.1, 0.15) is 56.1 Å². The minimum absolute atomic E-state index is 0.0638. The summed E-state index contributed by atoms with van der Waals surface area (Å²) >= 11 is 0. The minimum atomic E-state index is -0.520. The fourth-order valence-corrected chi connectivity index (χ4v) is 6.14. The monoisotopic (exact) mass is 636 g/mol. The molecule has 4 amide bonds. The van der Waals surface area contributed by atoms with E-state index in [2.05, 4.69) is 10.6 Å². The Morgan fingerprint density at radius 1 is 0.935 bits per heavy atom. The number of nitrogens with zero attached hydrogens (tertiary/aromatic N) is 2. The molecule has 2 saturated heterocycles. The van der Waals surface area contributed by atoms with Crippen molar-refractivity contribution in [3.8, 4) is 23.0 Å². The number of carbonyl (C=O) groups excluding carboxylic acids is 4. The molecule has 0 unspecified atom stereocenters. The van der Waals surface area contributed by atoms with Crippen LogP contribution < -0.4 is 29.6 Å². The van der Waals surface area contributed by atoms with Crippen LogP contribution >= 0.6 is 0 Å². The number of nitrogens with one attached hydrogen (secondary N) is 2. The van der Waals surface area contributed by atoms with Gasteiger partial charge in [0.2, 0.25) is 17.7 Å². The number of hydrogen-bond donors (Lipinski definition) is 2. The zero-order valence-corrected chi connectivity index (χ0v) is 26.7. The molecule has 2 N–H and O–H groups in total. The maximum absolute atomic E-state index is 13.3. The molecule has 2 fully saturated rings. The molecule has 46 heavy (non-hydrogen) atoms. The molecule has 12 nitrogen and oxygen atoms in total. The number of rotatable bonds is 5. The Hall–Kier alpha value is -4.48. The second-order valence-electron chi connectivity index (χ2n) is 11.9. The highest BCUT2D eigenvalue weighted by Crippen LogP contribution is 2.30. The van der Waals surface area contributed by atoms with Gasteiger partial charge in [-0.25, -0.2) is 0 Å². The van der Waals surface area contributed by atoms with Crippen LogP contribution in [0.25, 0.3) is 0 Å². The van der Waals surface area contributed by atoms with E-state index < -0.39 is 12.1 Å². The van der Waals surface area contributed by atoms with Crippen molar-refractivity contribution >= 4 is 23.6 Å². The quantitative estimate of drug-likeness (QED) is 0.512. The lowest BCUT2D eigenvalue weighted by molar-refractivity contribution is -0.137. The Morgan fingerprint density at radius 2 is 1.78 bits per heavy atom. The number of fused-ring (bicyclic) bond motifs is 9. The van der Waals surface area contributed by atoms with Crippen LogP contribution in [0, 0.1) is 0 Å². The molecule has 2 aromatic carbocycles. The Bertz CT molecular complexity index is 1420. The molecule has 4 aliphatic rings. The summed E-state index contributed by atoms with van der Waals surface area (Å²) in [6.07, 6.45) is 4.42. The Kier molecular flexibility index (Phi) is 11.2. The number of methoxy groups -OCH3 is 2. The minimum Gasteiger partial charge on any atom is -0.496 e. The molecule has 0 spiro atoms. The molecule has 0 saturated carbocycles. The Labute approximate surface area is 269 Å². The summed E-state index contributed by atoms with van der Waals surface area (Å²) < 4.78 is 23.3. The summed E-state index contributed by atoms with van der Waals surface area (Å²) in [5.74, 6) is 1.54. The van der Waals surface area contributed by atoms with Gasteiger partial charge >= 0.3 is 0 Å². The fourth-order valence-electron chi connectivity index (χ4n) is 6.14. The van der Waals surface area contributed by atoms with Crippen molar-refractivity contribution in [2.24, 2.45) is 0 Å². The first-order valence-corrected chi connectivity index (χ1v) is 16.1. The molecule has 0 aromatic heterocycles. The molecule has 0 radical (unpaired) electrons. The molecule has 4 heterocycles. The number of benzene rings is 2. The van der Waals surface area contributed by atoms with E-state index in [1.807, 2.05) is 18.2 Å². The maximum Gasteiger partial charge on any atom is 0.258 e. The van der Waals surface area contributed by atoms with Gasteiger partial charge in [-0.05, 0) is 49.1 Å². The van der Waals surface area contributed by atoms with E-state index in [4.69, 9.17) is 18.9 Å². The largest absolute Gasteiger partial charge is 0.496 e.